The first-order valence-electron chi connectivity index (χ1n) is 10.2. The monoisotopic (exact) mass is 445 g/mol. The van der Waals surface area contributed by atoms with E-state index in [1.165, 1.54) is 29.4 Å². The molecule has 0 saturated heterocycles. The van der Waals surface area contributed by atoms with E-state index in [9.17, 15) is 18.0 Å². The summed E-state index contributed by atoms with van der Waals surface area (Å²) in [6, 6.07) is 10.1. The molecular formula is C22H27N3O5S. The first-order chi connectivity index (χ1) is 14.9. The SMILES string of the molecule is C=CCN(C(=O)CNS(=O)(=O)c1ccccc1)C(C(=O)NC1CCCC1)c1ccco1. The van der Waals surface area contributed by atoms with Crippen LogP contribution in [-0.4, -0.2) is 44.3 Å². The minimum atomic E-state index is -3.87. The third-order valence-electron chi connectivity index (χ3n) is 5.19. The van der Waals surface area contributed by atoms with Crippen molar-refractivity contribution in [3.8, 4) is 0 Å². The molecule has 0 spiro atoms. The molecule has 1 aliphatic rings. The Bertz CT molecular complexity index is 983. The average molecular weight is 446 g/mol. The number of amides is 2. The van der Waals surface area contributed by atoms with Gasteiger partial charge in [-0.1, -0.05) is 37.1 Å². The summed E-state index contributed by atoms with van der Waals surface area (Å²) in [6.07, 6.45) is 6.80. The van der Waals surface area contributed by atoms with E-state index in [0.717, 1.165) is 25.7 Å². The van der Waals surface area contributed by atoms with Crippen molar-refractivity contribution >= 4 is 21.8 Å². The number of hydrogen-bond acceptors (Lipinski definition) is 5. The van der Waals surface area contributed by atoms with Gasteiger partial charge in [-0.2, -0.15) is 0 Å². The van der Waals surface area contributed by atoms with Gasteiger partial charge in [0.1, 0.15) is 5.76 Å². The lowest BCUT2D eigenvalue weighted by molar-refractivity contribution is -0.140. The Hall–Kier alpha value is -2.91. The van der Waals surface area contributed by atoms with E-state index < -0.39 is 28.5 Å². The molecule has 166 valence electrons. The normalized spacial score (nSPS) is 15.4. The van der Waals surface area contributed by atoms with Crippen LogP contribution in [0.1, 0.15) is 37.5 Å². The number of furan rings is 1. The zero-order valence-corrected chi connectivity index (χ0v) is 18.0. The zero-order valence-electron chi connectivity index (χ0n) is 17.2. The van der Waals surface area contributed by atoms with Gasteiger partial charge in [-0.3, -0.25) is 9.59 Å². The van der Waals surface area contributed by atoms with E-state index in [1.807, 2.05) is 0 Å². The van der Waals surface area contributed by atoms with E-state index >= 15 is 0 Å². The van der Waals surface area contributed by atoms with Gasteiger partial charge in [0, 0.05) is 12.6 Å². The molecule has 0 bridgehead atoms. The Labute approximate surface area is 182 Å². The minimum absolute atomic E-state index is 0.0509. The number of benzene rings is 1. The molecule has 1 aromatic carbocycles. The summed E-state index contributed by atoms with van der Waals surface area (Å²) in [6.45, 7) is 3.22. The van der Waals surface area contributed by atoms with Crippen LogP contribution in [-0.2, 0) is 19.6 Å². The van der Waals surface area contributed by atoms with Crippen LogP contribution in [0.2, 0.25) is 0 Å². The number of carbonyl (C=O) groups excluding carboxylic acids is 2. The summed E-state index contributed by atoms with van der Waals surface area (Å²) in [4.78, 5) is 27.4. The van der Waals surface area contributed by atoms with Crippen LogP contribution < -0.4 is 10.0 Å². The van der Waals surface area contributed by atoms with Crippen LogP contribution in [0.5, 0.6) is 0 Å². The Kier molecular flexibility index (Phi) is 7.64. The molecule has 1 unspecified atom stereocenters. The van der Waals surface area contributed by atoms with Crippen molar-refractivity contribution < 1.29 is 22.4 Å². The van der Waals surface area contributed by atoms with Gasteiger partial charge in [-0.05, 0) is 37.1 Å². The van der Waals surface area contributed by atoms with Gasteiger partial charge < -0.3 is 14.6 Å². The molecule has 2 amide bonds. The lowest BCUT2D eigenvalue weighted by Gasteiger charge is -2.30. The van der Waals surface area contributed by atoms with Gasteiger partial charge in [0.15, 0.2) is 6.04 Å². The van der Waals surface area contributed by atoms with Gasteiger partial charge in [0.25, 0.3) is 5.91 Å². The predicted molar refractivity (Wildman–Crippen MR) is 115 cm³/mol. The summed E-state index contributed by atoms with van der Waals surface area (Å²) in [5.74, 6) is -0.623. The van der Waals surface area contributed by atoms with Crippen molar-refractivity contribution in [3.05, 3.63) is 67.1 Å². The highest BCUT2D eigenvalue weighted by Crippen LogP contribution is 2.24. The first kappa shape index (κ1) is 22.8. The minimum Gasteiger partial charge on any atom is -0.467 e. The average Bonchev–Trinajstić information content (AvgIpc) is 3.47. The van der Waals surface area contributed by atoms with Gasteiger partial charge in [0.05, 0.1) is 17.7 Å². The molecule has 1 aromatic heterocycles. The Morgan fingerprint density at radius 3 is 2.48 bits per heavy atom. The highest BCUT2D eigenvalue weighted by atomic mass is 32.2. The van der Waals surface area contributed by atoms with E-state index in [2.05, 4.69) is 16.6 Å². The zero-order chi connectivity index (χ0) is 22.3. The lowest BCUT2D eigenvalue weighted by atomic mass is 10.1. The maximum absolute atomic E-state index is 13.1. The number of rotatable bonds is 10. The number of nitrogens with one attached hydrogen (secondary N) is 2. The Morgan fingerprint density at radius 1 is 1.16 bits per heavy atom. The molecule has 3 rings (SSSR count). The summed E-state index contributed by atoms with van der Waals surface area (Å²) in [5, 5.41) is 2.99. The lowest BCUT2D eigenvalue weighted by Crippen LogP contribution is -2.48. The highest BCUT2D eigenvalue weighted by Gasteiger charge is 2.34. The molecule has 1 aliphatic carbocycles. The van der Waals surface area contributed by atoms with Gasteiger partial charge in [-0.25, -0.2) is 13.1 Å². The number of hydrogen-bond donors (Lipinski definition) is 2. The van der Waals surface area contributed by atoms with Crippen LogP contribution in [0.25, 0.3) is 0 Å². The summed E-state index contributed by atoms with van der Waals surface area (Å²) < 4.78 is 32.7. The summed E-state index contributed by atoms with van der Waals surface area (Å²) in [7, 11) is -3.87. The van der Waals surface area contributed by atoms with Gasteiger partial charge >= 0.3 is 0 Å². The second-order valence-electron chi connectivity index (χ2n) is 7.38. The smallest absolute Gasteiger partial charge is 0.250 e. The van der Waals surface area contributed by atoms with Crippen molar-refractivity contribution in [2.45, 2.75) is 42.7 Å². The fraction of sp³-hybridized carbons (Fsp3) is 0.364. The third kappa shape index (κ3) is 5.83. The third-order valence-corrected chi connectivity index (χ3v) is 6.60. The maximum atomic E-state index is 13.1. The van der Waals surface area contributed by atoms with E-state index in [4.69, 9.17) is 4.42 Å². The topological polar surface area (TPSA) is 109 Å². The molecule has 0 aliphatic heterocycles. The number of carbonyl (C=O) groups is 2. The maximum Gasteiger partial charge on any atom is 0.250 e. The number of nitrogens with zero attached hydrogens (tertiary/aromatic N) is 1. The molecule has 2 N–H and O–H groups in total. The van der Waals surface area contributed by atoms with Crippen molar-refractivity contribution in [2.75, 3.05) is 13.1 Å². The first-order valence-corrected chi connectivity index (χ1v) is 11.7. The molecule has 1 saturated carbocycles. The van der Waals surface area contributed by atoms with Gasteiger partial charge in [-0.15, -0.1) is 6.58 Å². The van der Waals surface area contributed by atoms with Crippen LogP contribution in [0, 0.1) is 0 Å². The van der Waals surface area contributed by atoms with Crippen molar-refractivity contribution in [3.63, 3.8) is 0 Å². The van der Waals surface area contributed by atoms with Gasteiger partial charge in [0.2, 0.25) is 15.9 Å². The second-order valence-corrected chi connectivity index (χ2v) is 9.15. The van der Waals surface area contributed by atoms with Crippen molar-refractivity contribution in [1.29, 1.82) is 0 Å². The van der Waals surface area contributed by atoms with Crippen molar-refractivity contribution in [1.82, 2.24) is 14.9 Å². The summed E-state index contributed by atoms with van der Waals surface area (Å²) >= 11 is 0. The molecule has 9 heteroatoms. The van der Waals surface area contributed by atoms with E-state index in [1.54, 1.807) is 30.3 Å². The van der Waals surface area contributed by atoms with Crippen LogP contribution >= 0.6 is 0 Å². The van der Waals surface area contributed by atoms with E-state index in [0.29, 0.717) is 5.76 Å². The Balaban J connectivity index is 1.78. The van der Waals surface area contributed by atoms with E-state index in [-0.39, 0.29) is 23.4 Å². The predicted octanol–water partition coefficient (Wildman–Crippen LogP) is 2.37. The largest absolute Gasteiger partial charge is 0.467 e. The fourth-order valence-electron chi connectivity index (χ4n) is 3.65. The number of sulfonamides is 1. The molecule has 31 heavy (non-hydrogen) atoms. The molecular weight excluding hydrogens is 418 g/mol. The molecule has 1 atom stereocenters. The quantitative estimate of drug-likeness (QED) is 0.546. The standard InChI is InChI=1S/C22H27N3O5S/c1-2-14-25(20(26)16-23-31(28,29)18-11-4-3-5-12-18)21(19-13-8-15-30-19)22(27)24-17-9-6-7-10-17/h2-5,8,11-13,15,17,21,23H,1,6-7,9-10,14,16H2,(H,24,27). The Morgan fingerprint density at radius 2 is 1.87 bits per heavy atom. The fourth-order valence-corrected chi connectivity index (χ4v) is 4.65. The summed E-state index contributed by atoms with van der Waals surface area (Å²) in [5.41, 5.74) is 0. The molecule has 8 nitrogen and oxygen atoms in total. The van der Waals surface area contributed by atoms with Crippen LogP contribution in [0.4, 0.5) is 0 Å². The van der Waals surface area contributed by atoms with Crippen molar-refractivity contribution in [2.24, 2.45) is 0 Å². The van der Waals surface area contributed by atoms with Crippen LogP contribution in [0.15, 0.2) is 70.7 Å². The molecule has 1 heterocycles. The molecule has 2 aromatic rings. The van der Waals surface area contributed by atoms with Crippen LogP contribution in [0.3, 0.4) is 0 Å². The second kappa shape index (κ2) is 10.4. The molecule has 1 fully saturated rings. The highest BCUT2D eigenvalue weighted by molar-refractivity contribution is 7.89. The molecule has 0 radical (unpaired) electrons.